The van der Waals surface area contributed by atoms with E-state index in [2.05, 4.69) is 29.4 Å². The molecule has 1 aromatic carbocycles. The summed E-state index contributed by atoms with van der Waals surface area (Å²) in [5.74, 6) is 0.500. The Bertz CT molecular complexity index is 478. The van der Waals surface area contributed by atoms with Crippen LogP contribution in [-0.4, -0.2) is 39.1 Å². The molecule has 0 aromatic heterocycles. The highest BCUT2D eigenvalue weighted by Crippen LogP contribution is 2.33. The van der Waals surface area contributed by atoms with E-state index in [0.29, 0.717) is 5.91 Å². The zero-order valence-electron chi connectivity index (χ0n) is 12.2. The van der Waals surface area contributed by atoms with Gasteiger partial charge in [0.15, 0.2) is 0 Å². The second kappa shape index (κ2) is 7.87. The first-order valence-corrected chi connectivity index (χ1v) is 7.09. The standard InChI is InChI=1S/C15H21N3O.2ClH/c1-17-10-11-18(14-5-3-2-4-13(14)17)15(19)12-6-8-16-9-7-12;;/h2-5,12,16H,6-11H2,1H3;2*1H. The summed E-state index contributed by atoms with van der Waals surface area (Å²) in [5, 5.41) is 3.32. The average Bonchev–Trinajstić information content (AvgIpc) is 2.48. The zero-order valence-corrected chi connectivity index (χ0v) is 13.9. The molecule has 1 aromatic rings. The molecule has 1 N–H and O–H groups in total. The number of piperidine rings is 1. The van der Waals surface area contributed by atoms with Crippen LogP contribution in [0.4, 0.5) is 11.4 Å². The highest BCUT2D eigenvalue weighted by atomic mass is 35.5. The van der Waals surface area contributed by atoms with Gasteiger partial charge < -0.3 is 15.1 Å². The molecule has 4 nitrogen and oxygen atoms in total. The molecule has 6 heteroatoms. The lowest BCUT2D eigenvalue weighted by atomic mass is 9.95. The Kier molecular flexibility index (Phi) is 6.78. The molecule has 21 heavy (non-hydrogen) atoms. The Morgan fingerprint density at radius 2 is 1.71 bits per heavy atom. The number of hydrogen-bond acceptors (Lipinski definition) is 3. The number of anilines is 2. The largest absolute Gasteiger partial charge is 0.371 e. The molecule has 0 atom stereocenters. The van der Waals surface area contributed by atoms with E-state index in [4.69, 9.17) is 0 Å². The molecular formula is C15H23Cl2N3O. The van der Waals surface area contributed by atoms with Crippen molar-refractivity contribution in [1.29, 1.82) is 0 Å². The van der Waals surface area contributed by atoms with Gasteiger partial charge in [0.25, 0.3) is 0 Å². The molecule has 3 rings (SSSR count). The summed E-state index contributed by atoms with van der Waals surface area (Å²) in [6.45, 7) is 3.64. The van der Waals surface area contributed by atoms with Crippen LogP contribution in [0.2, 0.25) is 0 Å². The summed E-state index contributed by atoms with van der Waals surface area (Å²) in [6, 6.07) is 8.20. The second-order valence-corrected chi connectivity index (χ2v) is 5.42. The molecule has 0 aliphatic carbocycles. The van der Waals surface area contributed by atoms with Gasteiger partial charge in [-0.2, -0.15) is 0 Å². The van der Waals surface area contributed by atoms with E-state index in [0.717, 1.165) is 50.4 Å². The van der Waals surface area contributed by atoms with Gasteiger partial charge in [-0.25, -0.2) is 0 Å². The molecule has 1 saturated heterocycles. The van der Waals surface area contributed by atoms with E-state index in [1.807, 2.05) is 17.0 Å². The minimum absolute atomic E-state index is 0. The van der Waals surface area contributed by atoms with Gasteiger partial charge in [0.05, 0.1) is 11.4 Å². The minimum Gasteiger partial charge on any atom is -0.371 e. The number of para-hydroxylation sites is 2. The molecule has 0 radical (unpaired) electrons. The van der Waals surface area contributed by atoms with Crippen molar-refractivity contribution in [3.63, 3.8) is 0 Å². The van der Waals surface area contributed by atoms with Crippen LogP contribution in [0.15, 0.2) is 24.3 Å². The molecule has 0 saturated carbocycles. The van der Waals surface area contributed by atoms with Crippen molar-refractivity contribution < 1.29 is 4.79 Å². The van der Waals surface area contributed by atoms with Gasteiger partial charge in [0, 0.05) is 26.1 Å². The molecule has 1 amide bonds. The highest BCUT2D eigenvalue weighted by Gasteiger charge is 2.30. The normalized spacial score (nSPS) is 18.3. The Hall–Kier alpha value is -0.970. The molecule has 0 bridgehead atoms. The van der Waals surface area contributed by atoms with Crippen molar-refractivity contribution in [2.24, 2.45) is 5.92 Å². The Morgan fingerprint density at radius 3 is 2.38 bits per heavy atom. The predicted octanol–water partition coefficient (Wildman–Crippen LogP) is 2.31. The maximum atomic E-state index is 12.7. The minimum atomic E-state index is 0. The van der Waals surface area contributed by atoms with Crippen molar-refractivity contribution in [2.45, 2.75) is 12.8 Å². The van der Waals surface area contributed by atoms with Crippen LogP contribution in [0.25, 0.3) is 0 Å². The van der Waals surface area contributed by atoms with E-state index in [-0.39, 0.29) is 30.7 Å². The summed E-state index contributed by atoms with van der Waals surface area (Å²) in [4.78, 5) is 16.9. The molecule has 0 unspecified atom stereocenters. The first-order valence-electron chi connectivity index (χ1n) is 7.09. The number of fused-ring (bicyclic) bond motifs is 1. The highest BCUT2D eigenvalue weighted by molar-refractivity contribution is 5.99. The third kappa shape index (κ3) is 3.62. The third-order valence-corrected chi connectivity index (χ3v) is 4.20. The fourth-order valence-electron chi connectivity index (χ4n) is 3.02. The van der Waals surface area contributed by atoms with Crippen LogP contribution in [0.1, 0.15) is 12.8 Å². The van der Waals surface area contributed by atoms with Gasteiger partial charge >= 0.3 is 0 Å². The summed E-state index contributed by atoms with van der Waals surface area (Å²) in [6.07, 6.45) is 1.93. The molecule has 2 aliphatic heterocycles. The molecule has 2 aliphatic rings. The number of carbonyl (C=O) groups is 1. The van der Waals surface area contributed by atoms with E-state index >= 15 is 0 Å². The van der Waals surface area contributed by atoms with Gasteiger partial charge in [-0.3, -0.25) is 4.79 Å². The van der Waals surface area contributed by atoms with Gasteiger partial charge in [-0.15, -0.1) is 24.8 Å². The number of rotatable bonds is 1. The number of carbonyl (C=O) groups excluding carboxylic acids is 1. The van der Waals surface area contributed by atoms with E-state index < -0.39 is 0 Å². The second-order valence-electron chi connectivity index (χ2n) is 5.42. The number of nitrogens with zero attached hydrogens (tertiary/aromatic N) is 2. The Balaban J connectivity index is 0.00000110. The maximum absolute atomic E-state index is 12.7. The van der Waals surface area contributed by atoms with Crippen molar-refractivity contribution in [3.8, 4) is 0 Å². The van der Waals surface area contributed by atoms with Crippen molar-refractivity contribution in [1.82, 2.24) is 5.32 Å². The number of benzene rings is 1. The van der Waals surface area contributed by atoms with E-state index in [9.17, 15) is 4.79 Å². The average molecular weight is 332 g/mol. The fraction of sp³-hybridized carbons (Fsp3) is 0.533. The number of halogens is 2. The van der Waals surface area contributed by atoms with Crippen LogP contribution in [-0.2, 0) is 4.79 Å². The number of hydrogen-bond donors (Lipinski definition) is 1. The van der Waals surface area contributed by atoms with Crippen molar-refractivity contribution in [3.05, 3.63) is 24.3 Å². The van der Waals surface area contributed by atoms with Crippen LogP contribution in [0.3, 0.4) is 0 Å². The lowest BCUT2D eigenvalue weighted by molar-refractivity contribution is -0.123. The maximum Gasteiger partial charge on any atom is 0.230 e. The molecule has 118 valence electrons. The first kappa shape index (κ1) is 18.1. The van der Waals surface area contributed by atoms with E-state index in [1.165, 1.54) is 0 Å². The number of amides is 1. The van der Waals surface area contributed by atoms with Gasteiger partial charge in [-0.1, -0.05) is 12.1 Å². The SMILES string of the molecule is CN1CCN(C(=O)C2CCNCC2)c2ccccc21.Cl.Cl. The number of likely N-dealkylation sites (N-methyl/N-ethyl adjacent to an activating group) is 1. The predicted molar refractivity (Wildman–Crippen MR) is 92.2 cm³/mol. The summed E-state index contributed by atoms with van der Waals surface area (Å²) in [7, 11) is 2.09. The Morgan fingerprint density at radius 1 is 1.10 bits per heavy atom. The Labute approximate surface area is 138 Å². The number of nitrogens with one attached hydrogen (secondary N) is 1. The monoisotopic (exact) mass is 331 g/mol. The lowest BCUT2D eigenvalue weighted by Gasteiger charge is -2.38. The van der Waals surface area contributed by atoms with Crippen LogP contribution in [0, 0.1) is 5.92 Å². The van der Waals surface area contributed by atoms with Crippen LogP contribution >= 0.6 is 24.8 Å². The fourth-order valence-corrected chi connectivity index (χ4v) is 3.02. The van der Waals surface area contributed by atoms with Crippen LogP contribution in [0.5, 0.6) is 0 Å². The quantitative estimate of drug-likeness (QED) is 0.857. The van der Waals surface area contributed by atoms with Gasteiger partial charge in [-0.05, 0) is 38.1 Å². The summed E-state index contributed by atoms with van der Waals surface area (Å²) < 4.78 is 0. The lowest BCUT2D eigenvalue weighted by Crippen LogP contribution is -2.47. The molecule has 2 heterocycles. The van der Waals surface area contributed by atoms with Crippen molar-refractivity contribution >= 4 is 42.1 Å². The molecule has 1 fully saturated rings. The molecule has 0 spiro atoms. The zero-order chi connectivity index (χ0) is 13.2. The topological polar surface area (TPSA) is 35.6 Å². The summed E-state index contributed by atoms with van der Waals surface area (Å²) in [5.41, 5.74) is 2.23. The van der Waals surface area contributed by atoms with Gasteiger partial charge in [0.1, 0.15) is 0 Å². The third-order valence-electron chi connectivity index (χ3n) is 4.20. The van der Waals surface area contributed by atoms with Crippen LogP contribution < -0.4 is 15.1 Å². The first-order chi connectivity index (χ1) is 9.27. The molecular weight excluding hydrogens is 309 g/mol. The van der Waals surface area contributed by atoms with E-state index in [1.54, 1.807) is 0 Å². The van der Waals surface area contributed by atoms with Gasteiger partial charge in [0.2, 0.25) is 5.91 Å². The smallest absolute Gasteiger partial charge is 0.230 e. The summed E-state index contributed by atoms with van der Waals surface area (Å²) >= 11 is 0. The van der Waals surface area contributed by atoms with Crippen molar-refractivity contribution in [2.75, 3.05) is 43.0 Å².